The highest BCUT2D eigenvalue weighted by atomic mass is 32.2. The third-order valence-corrected chi connectivity index (χ3v) is 3.62. The molecule has 0 spiro atoms. The lowest BCUT2D eigenvalue weighted by molar-refractivity contribution is -0.125. The minimum atomic E-state index is -3.91. The van der Waals surface area contributed by atoms with E-state index in [2.05, 4.69) is 9.71 Å². The number of halogens is 1. The van der Waals surface area contributed by atoms with Gasteiger partial charge in [0.1, 0.15) is 10.7 Å². The maximum absolute atomic E-state index is 12.9. The van der Waals surface area contributed by atoms with Gasteiger partial charge in [0.2, 0.25) is 10.0 Å². The number of sulfonamides is 1. The largest absolute Gasteiger partial charge is 0.298 e. The Balaban J connectivity index is 2.81. The summed E-state index contributed by atoms with van der Waals surface area (Å²) in [4.78, 5) is 14.7. The Labute approximate surface area is 105 Å². The van der Waals surface area contributed by atoms with Crippen LogP contribution in [0.5, 0.6) is 0 Å². The monoisotopic (exact) mass is 274 g/mol. The summed E-state index contributed by atoms with van der Waals surface area (Å²) in [5.41, 5.74) is -0.636. The highest BCUT2D eigenvalue weighted by Crippen LogP contribution is 2.14. The Morgan fingerprint density at radius 1 is 1.39 bits per heavy atom. The SMILES string of the molecule is CC(C)(C)C(=O)CNS(=O)(=O)c1cncc(F)c1. The van der Waals surface area contributed by atoms with Gasteiger partial charge in [-0.2, -0.15) is 0 Å². The van der Waals surface area contributed by atoms with E-state index in [1.54, 1.807) is 20.8 Å². The first-order valence-corrected chi connectivity index (χ1v) is 6.75. The van der Waals surface area contributed by atoms with Crippen LogP contribution in [0, 0.1) is 11.2 Å². The lowest BCUT2D eigenvalue weighted by Gasteiger charge is -2.16. The van der Waals surface area contributed by atoms with Crippen molar-refractivity contribution in [2.24, 2.45) is 5.41 Å². The van der Waals surface area contributed by atoms with Crippen LogP contribution >= 0.6 is 0 Å². The molecule has 1 N–H and O–H groups in total. The Morgan fingerprint density at radius 2 is 2.00 bits per heavy atom. The maximum Gasteiger partial charge on any atom is 0.242 e. The van der Waals surface area contributed by atoms with Gasteiger partial charge in [-0.1, -0.05) is 20.8 Å². The van der Waals surface area contributed by atoms with Crippen LogP contribution in [0.15, 0.2) is 23.4 Å². The molecule has 1 heterocycles. The fourth-order valence-electron chi connectivity index (χ4n) is 1.05. The van der Waals surface area contributed by atoms with Crippen LogP contribution in [0.4, 0.5) is 4.39 Å². The molecular weight excluding hydrogens is 259 g/mol. The number of Topliss-reactive ketones (excluding diaryl/α,β-unsaturated/α-hetero) is 1. The summed E-state index contributed by atoms with van der Waals surface area (Å²) in [6.45, 7) is 4.73. The highest BCUT2D eigenvalue weighted by molar-refractivity contribution is 7.89. The van der Waals surface area contributed by atoms with Crippen LogP contribution < -0.4 is 4.72 Å². The van der Waals surface area contributed by atoms with E-state index >= 15 is 0 Å². The number of rotatable bonds is 4. The van der Waals surface area contributed by atoms with Gasteiger partial charge in [-0.3, -0.25) is 9.78 Å². The summed E-state index contributed by atoms with van der Waals surface area (Å²) in [6, 6.07) is 0.844. The van der Waals surface area contributed by atoms with Gasteiger partial charge in [-0.25, -0.2) is 17.5 Å². The van der Waals surface area contributed by atoms with Gasteiger partial charge in [0.05, 0.1) is 12.7 Å². The predicted octanol–water partition coefficient (Wildman–Crippen LogP) is 1.11. The zero-order valence-electron chi connectivity index (χ0n) is 10.4. The van der Waals surface area contributed by atoms with Gasteiger partial charge in [0.25, 0.3) is 0 Å². The lowest BCUT2D eigenvalue weighted by Crippen LogP contribution is -2.35. The second-order valence-electron chi connectivity index (χ2n) is 4.84. The first-order chi connectivity index (χ1) is 8.13. The Hall–Kier alpha value is -1.34. The summed E-state index contributed by atoms with van der Waals surface area (Å²) in [5, 5.41) is 0. The van der Waals surface area contributed by atoms with Crippen molar-refractivity contribution in [1.82, 2.24) is 9.71 Å². The molecule has 18 heavy (non-hydrogen) atoms. The minimum Gasteiger partial charge on any atom is -0.298 e. The maximum atomic E-state index is 12.9. The summed E-state index contributed by atoms with van der Waals surface area (Å²) >= 11 is 0. The summed E-state index contributed by atoms with van der Waals surface area (Å²) in [5.74, 6) is -1.00. The molecule has 0 aliphatic carbocycles. The molecule has 0 aliphatic rings. The van der Waals surface area contributed by atoms with Crippen LogP contribution in [-0.4, -0.2) is 25.7 Å². The average Bonchev–Trinajstić information content (AvgIpc) is 2.24. The van der Waals surface area contributed by atoms with Gasteiger partial charge in [-0.05, 0) is 6.07 Å². The molecule has 5 nitrogen and oxygen atoms in total. The van der Waals surface area contributed by atoms with Crippen molar-refractivity contribution >= 4 is 15.8 Å². The second-order valence-corrected chi connectivity index (χ2v) is 6.60. The van der Waals surface area contributed by atoms with E-state index in [1.165, 1.54) is 0 Å². The molecule has 1 rings (SSSR count). The van der Waals surface area contributed by atoms with Crippen LogP contribution in [0.3, 0.4) is 0 Å². The van der Waals surface area contributed by atoms with Crippen LogP contribution in [0.1, 0.15) is 20.8 Å². The molecule has 0 fully saturated rings. The van der Waals surface area contributed by atoms with Gasteiger partial charge in [0.15, 0.2) is 5.78 Å². The molecule has 100 valence electrons. The number of hydrogen-bond acceptors (Lipinski definition) is 4. The Bertz CT molecular complexity index is 550. The molecule has 0 saturated heterocycles. The molecule has 0 atom stereocenters. The van der Waals surface area contributed by atoms with E-state index in [-0.39, 0.29) is 17.2 Å². The lowest BCUT2D eigenvalue weighted by atomic mass is 9.91. The third-order valence-electron chi connectivity index (χ3n) is 2.25. The van der Waals surface area contributed by atoms with E-state index in [0.29, 0.717) is 0 Å². The van der Waals surface area contributed by atoms with Crippen LogP contribution in [-0.2, 0) is 14.8 Å². The zero-order chi connectivity index (χ0) is 14.0. The van der Waals surface area contributed by atoms with Crippen molar-refractivity contribution < 1.29 is 17.6 Å². The molecule has 0 aliphatic heterocycles. The number of carbonyl (C=O) groups is 1. The fourth-order valence-corrected chi connectivity index (χ4v) is 2.00. The first kappa shape index (κ1) is 14.7. The molecule has 0 saturated carbocycles. The first-order valence-electron chi connectivity index (χ1n) is 5.26. The third kappa shape index (κ3) is 3.85. The molecule has 1 aromatic rings. The molecular formula is C11H15FN2O3S. The standard InChI is InChI=1S/C11H15FN2O3S/c1-11(2,3)10(15)7-14-18(16,17)9-4-8(12)5-13-6-9/h4-6,14H,7H2,1-3H3. The van der Waals surface area contributed by atoms with Crippen molar-refractivity contribution in [3.05, 3.63) is 24.3 Å². The summed E-state index contributed by atoms with van der Waals surface area (Å²) < 4.78 is 38.5. The van der Waals surface area contributed by atoms with Gasteiger partial charge in [0, 0.05) is 11.6 Å². The van der Waals surface area contributed by atoms with E-state index in [0.717, 1.165) is 18.5 Å². The van der Waals surface area contributed by atoms with Gasteiger partial charge in [-0.15, -0.1) is 0 Å². The normalized spacial score (nSPS) is 12.4. The van der Waals surface area contributed by atoms with E-state index in [9.17, 15) is 17.6 Å². The molecule has 0 aromatic carbocycles. The smallest absolute Gasteiger partial charge is 0.242 e. The van der Waals surface area contributed by atoms with E-state index in [1.807, 2.05) is 0 Å². The zero-order valence-corrected chi connectivity index (χ0v) is 11.2. The van der Waals surface area contributed by atoms with Crippen LogP contribution in [0.2, 0.25) is 0 Å². The average molecular weight is 274 g/mol. The number of nitrogens with one attached hydrogen (secondary N) is 1. The van der Waals surface area contributed by atoms with Crippen LogP contribution in [0.25, 0.3) is 0 Å². The Kier molecular flexibility index (Phi) is 4.18. The molecule has 1 aromatic heterocycles. The number of hydrogen-bond donors (Lipinski definition) is 1. The van der Waals surface area contributed by atoms with Crippen molar-refractivity contribution in [3.8, 4) is 0 Å². The molecule has 7 heteroatoms. The van der Waals surface area contributed by atoms with E-state index in [4.69, 9.17) is 0 Å². The predicted molar refractivity (Wildman–Crippen MR) is 63.8 cm³/mol. The highest BCUT2D eigenvalue weighted by Gasteiger charge is 2.23. The quantitative estimate of drug-likeness (QED) is 0.892. The van der Waals surface area contributed by atoms with Crippen molar-refractivity contribution in [2.75, 3.05) is 6.54 Å². The molecule has 0 radical (unpaired) electrons. The summed E-state index contributed by atoms with van der Waals surface area (Å²) in [7, 11) is -3.91. The minimum absolute atomic E-state index is 0.254. The van der Waals surface area contributed by atoms with Crippen molar-refractivity contribution in [2.45, 2.75) is 25.7 Å². The van der Waals surface area contributed by atoms with Crippen molar-refractivity contribution in [1.29, 1.82) is 0 Å². The molecule has 0 amide bonds. The topological polar surface area (TPSA) is 76.1 Å². The van der Waals surface area contributed by atoms with Crippen molar-refractivity contribution in [3.63, 3.8) is 0 Å². The number of aromatic nitrogens is 1. The van der Waals surface area contributed by atoms with Gasteiger partial charge < -0.3 is 0 Å². The second kappa shape index (κ2) is 5.11. The fraction of sp³-hybridized carbons (Fsp3) is 0.455. The number of ketones is 1. The van der Waals surface area contributed by atoms with Gasteiger partial charge >= 0.3 is 0 Å². The molecule has 0 unspecified atom stereocenters. The Morgan fingerprint density at radius 3 is 2.50 bits per heavy atom. The molecule has 0 bridgehead atoms. The van der Waals surface area contributed by atoms with E-state index < -0.39 is 21.3 Å². The number of carbonyl (C=O) groups excluding carboxylic acids is 1. The number of pyridine rings is 1. The number of nitrogens with zero attached hydrogens (tertiary/aromatic N) is 1. The summed E-state index contributed by atoms with van der Waals surface area (Å²) in [6.07, 6.45) is 1.92.